The highest BCUT2D eigenvalue weighted by Gasteiger charge is 2.29. The second-order valence-corrected chi connectivity index (χ2v) is 5.23. The van der Waals surface area contributed by atoms with Gasteiger partial charge in [-0.1, -0.05) is 13.8 Å². The number of ether oxygens (including phenoxy) is 1. The van der Waals surface area contributed by atoms with Crippen LogP contribution in [0.4, 0.5) is 0 Å². The molecule has 0 amide bonds. The van der Waals surface area contributed by atoms with Gasteiger partial charge in [0.25, 0.3) is 0 Å². The van der Waals surface area contributed by atoms with Crippen LogP contribution in [-0.4, -0.2) is 58.1 Å². The van der Waals surface area contributed by atoms with Crippen LogP contribution in [0.1, 0.15) is 40.5 Å². The first-order chi connectivity index (χ1) is 8.92. The summed E-state index contributed by atoms with van der Waals surface area (Å²) in [5, 5.41) is 38.4. The maximum atomic E-state index is 10.0. The summed E-state index contributed by atoms with van der Waals surface area (Å²) in [4.78, 5) is 0. The second-order valence-electron chi connectivity index (χ2n) is 5.23. The molecular formula is C14H30O5. The quantitative estimate of drug-likeness (QED) is 0.468. The predicted molar refractivity (Wildman–Crippen MR) is 73.8 cm³/mol. The van der Waals surface area contributed by atoms with E-state index in [9.17, 15) is 10.2 Å². The van der Waals surface area contributed by atoms with Crippen molar-refractivity contribution < 1.29 is 25.2 Å². The number of hydrogen-bond acceptors (Lipinski definition) is 5. The van der Waals surface area contributed by atoms with Crippen molar-refractivity contribution in [3.05, 3.63) is 0 Å². The molecule has 6 unspecified atom stereocenters. The van der Waals surface area contributed by atoms with Gasteiger partial charge in [0, 0.05) is 25.0 Å². The Morgan fingerprint density at radius 2 is 1.11 bits per heavy atom. The normalized spacial score (nSPS) is 21.5. The molecule has 0 spiro atoms. The Balaban J connectivity index is 4.41. The molecule has 6 atom stereocenters. The molecular weight excluding hydrogens is 248 g/mol. The van der Waals surface area contributed by atoms with Gasteiger partial charge in [0.15, 0.2) is 0 Å². The maximum Gasteiger partial charge on any atom is 0.0849 e. The van der Waals surface area contributed by atoms with Crippen LogP contribution < -0.4 is 0 Å². The summed E-state index contributed by atoms with van der Waals surface area (Å²) in [6, 6.07) is 0. The van der Waals surface area contributed by atoms with Crippen molar-refractivity contribution in [3.63, 3.8) is 0 Å². The van der Waals surface area contributed by atoms with Crippen LogP contribution in [0.25, 0.3) is 0 Å². The molecule has 0 aliphatic carbocycles. The Hall–Kier alpha value is -0.200. The van der Waals surface area contributed by atoms with E-state index in [0.29, 0.717) is 12.8 Å². The molecule has 0 fully saturated rings. The molecule has 0 aliphatic rings. The first-order valence-electron chi connectivity index (χ1n) is 7.16. The van der Waals surface area contributed by atoms with Crippen molar-refractivity contribution in [2.75, 3.05) is 13.2 Å². The molecule has 0 aromatic heterocycles. The Morgan fingerprint density at radius 1 is 0.789 bits per heavy atom. The van der Waals surface area contributed by atoms with E-state index in [1.54, 1.807) is 13.8 Å². The SMILES string of the molecule is CCC(CO)C(O)C(C)OC(C)C(O)C(CC)CO. The smallest absolute Gasteiger partial charge is 0.0849 e. The van der Waals surface area contributed by atoms with E-state index in [1.807, 2.05) is 13.8 Å². The van der Waals surface area contributed by atoms with Crippen LogP contribution in [0.5, 0.6) is 0 Å². The van der Waals surface area contributed by atoms with Gasteiger partial charge in [0.2, 0.25) is 0 Å². The molecule has 0 aliphatic heterocycles. The van der Waals surface area contributed by atoms with Crippen LogP contribution in [0.15, 0.2) is 0 Å². The fourth-order valence-electron chi connectivity index (χ4n) is 2.22. The van der Waals surface area contributed by atoms with E-state index >= 15 is 0 Å². The minimum atomic E-state index is -0.765. The molecule has 5 nitrogen and oxygen atoms in total. The lowest BCUT2D eigenvalue weighted by Gasteiger charge is -2.32. The van der Waals surface area contributed by atoms with E-state index in [-0.39, 0.29) is 25.0 Å². The minimum Gasteiger partial charge on any atom is -0.396 e. The molecule has 0 bridgehead atoms. The Morgan fingerprint density at radius 3 is 1.32 bits per heavy atom. The lowest BCUT2D eigenvalue weighted by molar-refractivity contribution is -0.132. The van der Waals surface area contributed by atoms with Crippen molar-refractivity contribution in [3.8, 4) is 0 Å². The first kappa shape index (κ1) is 18.8. The van der Waals surface area contributed by atoms with Gasteiger partial charge >= 0.3 is 0 Å². The van der Waals surface area contributed by atoms with E-state index in [4.69, 9.17) is 14.9 Å². The summed E-state index contributed by atoms with van der Waals surface area (Å²) < 4.78 is 5.62. The third kappa shape index (κ3) is 5.75. The fourth-order valence-corrected chi connectivity index (χ4v) is 2.22. The Kier molecular flexibility index (Phi) is 9.56. The molecule has 0 saturated heterocycles. The lowest BCUT2D eigenvalue weighted by Crippen LogP contribution is -2.42. The van der Waals surface area contributed by atoms with Gasteiger partial charge in [-0.05, 0) is 26.7 Å². The van der Waals surface area contributed by atoms with Gasteiger partial charge in [-0.2, -0.15) is 0 Å². The number of hydrogen-bond donors (Lipinski definition) is 4. The summed E-state index contributed by atoms with van der Waals surface area (Å²) >= 11 is 0. The van der Waals surface area contributed by atoms with Crippen molar-refractivity contribution in [2.24, 2.45) is 11.8 Å². The topological polar surface area (TPSA) is 90.2 Å². The second kappa shape index (κ2) is 9.66. The lowest BCUT2D eigenvalue weighted by atomic mass is 9.95. The largest absolute Gasteiger partial charge is 0.396 e. The zero-order chi connectivity index (χ0) is 15.0. The highest BCUT2D eigenvalue weighted by molar-refractivity contribution is 4.78. The van der Waals surface area contributed by atoms with E-state index < -0.39 is 24.4 Å². The predicted octanol–water partition coefficient (Wildman–Crippen LogP) is 0.539. The first-order valence-corrected chi connectivity index (χ1v) is 7.16. The Bertz CT molecular complexity index is 194. The van der Waals surface area contributed by atoms with Crippen molar-refractivity contribution in [1.29, 1.82) is 0 Å². The standard InChI is InChI=1S/C14H30O5/c1-5-11(7-15)13(17)9(3)19-10(4)14(18)12(6-2)8-16/h9-18H,5-8H2,1-4H3. The van der Waals surface area contributed by atoms with Gasteiger partial charge < -0.3 is 25.2 Å². The third-order valence-corrected chi connectivity index (χ3v) is 3.87. The average Bonchev–Trinajstić information content (AvgIpc) is 2.40. The zero-order valence-corrected chi connectivity index (χ0v) is 12.5. The molecule has 0 radical (unpaired) electrons. The van der Waals surface area contributed by atoms with Gasteiger partial charge in [-0.15, -0.1) is 0 Å². The molecule has 5 heteroatoms. The summed E-state index contributed by atoms with van der Waals surface area (Å²) in [7, 11) is 0. The molecule has 0 aromatic rings. The monoisotopic (exact) mass is 278 g/mol. The highest BCUT2D eigenvalue weighted by Crippen LogP contribution is 2.19. The molecule has 116 valence electrons. The summed E-state index contributed by atoms with van der Waals surface area (Å²) in [5.41, 5.74) is 0. The van der Waals surface area contributed by atoms with Crippen LogP contribution in [0.3, 0.4) is 0 Å². The van der Waals surface area contributed by atoms with Gasteiger partial charge in [0.1, 0.15) is 0 Å². The third-order valence-electron chi connectivity index (χ3n) is 3.87. The molecule has 4 N–H and O–H groups in total. The Labute approximate surface area is 116 Å². The fraction of sp³-hybridized carbons (Fsp3) is 1.00. The van der Waals surface area contributed by atoms with Gasteiger partial charge in [-0.3, -0.25) is 0 Å². The highest BCUT2D eigenvalue weighted by atomic mass is 16.5. The van der Waals surface area contributed by atoms with Crippen LogP contribution in [0.2, 0.25) is 0 Å². The van der Waals surface area contributed by atoms with E-state index in [0.717, 1.165) is 0 Å². The van der Waals surface area contributed by atoms with E-state index in [2.05, 4.69) is 0 Å². The number of rotatable bonds is 10. The molecule has 19 heavy (non-hydrogen) atoms. The zero-order valence-electron chi connectivity index (χ0n) is 12.5. The minimum absolute atomic E-state index is 0.0868. The average molecular weight is 278 g/mol. The molecule has 0 aromatic carbocycles. The van der Waals surface area contributed by atoms with Gasteiger partial charge in [0.05, 0.1) is 24.4 Å². The molecule has 0 rings (SSSR count). The van der Waals surface area contributed by atoms with E-state index in [1.165, 1.54) is 0 Å². The summed E-state index contributed by atoms with van der Waals surface area (Å²) in [6.45, 7) is 7.08. The van der Waals surface area contributed by atoms with Crippen molar-refractivity contribution >= 4 is 0 Å². The van der Waals surface area contributed by atoms with Gasteiger partial charge in [-0.25, -0.2) is 0 Å². The summed E-state index contributed by atoms with van der Waals surface area (Å²) in [6.07, 6.45) is -1.15. The molecule has 0 heterocycles. The van der Waals surface area contributed by atoms with Crippen LogP contribution in [0, 0.1) is 11.8 Å². The van der Waals surface area contributed by atoms with Crippen molar-refractivity contribution in [2.45, 2.75) is 65.0 Å². The summed E-state index contributed by atoms with van der Waals surface area (Å²) in [5.74, 6) is -0.446. The number of aliphatic hydroxyl groups is 4. The maximum absolute atomic E-state index is 10.0. The van der Waals surface area contributed by atoms with Crippen molar-refractivity contribution in [1.82, 2.24) is 0 Å². The van der Waals surface area contributed by atoms with Crippen LogP contribution in [-0.2, 0) is 4.74 Å². The molecule has 0 saturated carbocycles. The van der Waals surface area contributed by atoms with Crippen LogP contribution >= 0.6 is 0 Å². The number of aliphatic hydroxyl groups excluding tert-OH is 4.